The number of anilines is 2. The van der Waals surface area contributed by atoms with Gasteiger partial charge in [-0.05, 0) is 38.0 Å². The van der Waals surface area contributed by atoms with Crippen LogP contribution in [0.1, 0.15) is 51.4 Å². The Bertz CT molecular complexity index is 914. The van der Waals surface area contributed by atoms with Crippen LogP contribution < -0.4 is 16.0 Å². The molecule has 32 heavy (non-hydrogen) atoms. The molecule has 4 amide bonds. The highest BCUT2D eigenvalue weighted by atomic mass is 16.5. The molecule has 0 saturated carbocycles. The van der Waals surface area contributed by atoms with E-state index in [4.69, 9.17) is 4.74 Å². The Labute approximate surface area is 187 Å². The average molecular weight is 447 g/mol. The molecule has 2 rings (SSSR count). The van der Waals surface area contributed by atoms with Gasteiger partial charge in [0.15, 0.2) is 0 Å². The first kappa shape index (κ1) is 24.8. The Morgan fingerprint density at radius 2 is 1.88 bits per heavy atom. The van der Waals surface area contributed by atoms with E-state index in [1.54, 1.807) is 39.8 Å². The van der Waals surface area contributed by atoms with Crippen molar-refractivity contribution >= 4 is 41.0 Å². The molecule has 1 aromatic rings. The van der Waals surface area contributed by atoms with Gasteiger partial charge in [-0.15, -0.1) is 0 Å². The van der Waals surface area contributed by atoms with Gasteiger partial charge < -0.3 is 25.6 Å². The number of carbonyl (C=O) groups excluding carboxylic acids is 5. The summed E-state index contributed by atoms with van der Waals surface area (Å²) in [6.07, 6.45) is -0.00939. The van der Waals surface area contributed by atoms with Gasteiger partial charge in [0, 0.05) is 18.7 Å². The molecule has 0 fully saturated rings. The maximum Gasteiger partial charge on any atom is 0.307 e. The number of rotatable bonds is 8. The minimum absolute atomic E-state index is 0.00939. The van der Waals surface area contributed by atoms with Crippen molar-refractivity contribution in [2.45, 2.75) is 53.1 Å². The number of nitrogens with zero attached hydrogens (tertiary/aromatic N) is 1. The van der Waals surface area contributed by atoms with Gasteiger partial charge in [-0.1, -0.05) is 13.8 Å². The summed E-state index contributed by atoms with van der Waals surface area (Å²) >= 11 is 0. The fourth-order valence-electron chi connectivity index (χ4n) is 3.57. The summed E-state index contributed by atoms with van der Waals surface area (Å²) in [5.74, 6) is -2.45. The van der Waals surface area contributed by atoms with E-state index in [2.05, 4.69) is 16.0 Å². The molecule has 174 valence electrons. The van der Waals surface area contributed by atoms with Gasteiger partial charge in [0.05, 0.1) is 24.3 Å². The zero-order valence-electron chi connectivity index (χ0n) is 19.0. The number of benzene rings is 1. The van der Waals surface area contributed by atoms with E-state index in [1.807, 2.05) is 0 Å². The maximum atomic E-state index is 13.4. The van der Waals surface area contributed by atoms with Crippen LogP contribution in [0.25, 0.3) is 0 Å². The summed E-state index contributed by atoms with van der Waals surface area (Å²) in [5, 5.41) is 8.02. The molecule has 3 N–H and O–H groups in total. The third-order valence-electron chi connectivity index (χ3n) is 4.82. The van der Waals surface area contributed by atoms with Crippen molar-refractivity contribution in [3.05, 3.63) is 23.8 Å². The summed E-state index contributed by atoms with van der Waals surface area (Å²) in [6, 6.07) is 3.20. The van der Waals surface area contributed by atoms with Crippen molar-refractivity contribution in [1.29, 1.82) is 0 Å². The van der Waals surface area contributed by atoms with Crippen LogP contribution in [0.15, 0.2) is 18.2 Å². The van der Waals surface area contributed by atoms with Crippen LogP contribution in [-0.4, -0.2) is 59.7 Å². The van der Waals surface area contributed by atoms with E-state index < -0.39 is 35.8 Å². The van der Waals surface area contributed by atoms with E-state index in [-0.39, 0.29) is 37.0 Å². The van der Waals surface area contributed by atoms with Crippen molar-refractivity contribution in [3.8, 4) is 0 Å². The second-order valence-corrected chi connectivity index (χ2v) is 8.03. The highest BCUT2D eigenvalue weighted by molar-refractivity contribution is 6.11. The van der Waals surface area contributed by atoms with Crippen LogP contribution >= 0.6 is 0 Å². The van der Waals surface area contributed by atoms with Crippen LogP contribution in [0.5, 0.6) is 0 Å². The Hall–Kier alpha value is -3.43. The number of amides is 4. The molecule has 0 spiro atoms. The monoisotopic (exact) mass is 446 g/mol. The largest absolute Gasteiger partial charge is 0.466 e. The average Bonchev–Trinajstić information content (AvgIpc) is 2.76. The molecule has 2 atom stereocenters. The number of hydrogen-bond acceptors (Lipinski definition) is 6. The normalized spacial score (nSPS) is 16.6. The summed E-state index contributed by atoms with van der Waals surface area (Å²) in [5.41, 5.74) is 0.868. The Morgan fingerprint density at radius 3 is 2.47 bits per heavy atom. The number of hydrogen-bond donors (Lipinski definition) is 3. The topological polar surface area (TPSA) is 134 Å². The van der Waals surface area contributed by atoms with Crippen LogP contribution in [-0.2, 0) is 23.9 Å². The molecule has 1 heterocycles. The fourth-order valence-corrected chi connectivity index (χ4v) is 3.57. The first-order chi connectivity index (χ1) is 15.0. The van der Waals surface area contributed by atoms with Gasteiger partial charge in [0.25, 0.3) is 5.91 Å². The predicted molar refractivity (Wildman–Crippen MR) is 118 cm³/mol. The number of carbonyl (C=O) groups is 5. The van der Waals surface area contributed by atoms with Crippen LogP contribution in [0.4, 0.5) is 11.4 Å². The minimum atomic E-state index is -0.884. The van der Waals surface area contributed by atoms with Gasteiger partial charge in [-0.25, -0.2) is 0 Å². The molecule has 10 heteroatoms. The van der Waals surface area contributed by atoms with E-state index in [9.17, 15) is 24.0 Å². The summed E-state index contributed by atoms with van der Waals surface area (Å²) in [7, 11) is 0. The van der Waals surface area contributed by atoms with Crippen molar-refractivity contribution in [2.75, 3.05) is 23.8 Å². The van der Waals surface area contributed by atoms with Gasteiger partial charge in [0.2, 0.25) is 17.7 Å². The third-order valence-corrected chi connectivity index (χ3v) is 4.82. The predicted octanol–water partition coefficient (Wildman–Crippen LogP) is 1.52. The second kappa shape index (κ2) is 10.7. The first-order valence-corrected chi connectivity index (χ1v) is 10.5. The molecule has 10 nitrogen and oxygen atoms in total. The standard InChI is InChI=1S/C22H30N4O6/c1-6-32-19(29)9-13(4)23-18(28)11-26-20(12(2)3)21(30)25-17-8-7-15(24-14(5)27)10-16(17)22(26)31/h7-8,10,12-13,20H,6,9,11H2,1-5H3,(H,23,28)(H,24,27)(H,25,30)/t13?,20-/m0/s1. The molecule has 0 aromatic heterocycles. The maximum absolute atomic E-state index is 13.4. The quantitative estimate of drug-likeness (QED) is 0.519. The molecule has 0 aliphatic carbocycles. The molecule has 1 aliphatic heterocycles. The molecule has 1 unspecified atom stereocenters. The van der Waals surface area contributed by atoms with E-state index in [0.29, 0.717) is 11.4 Å². The number of fused-ring (bicyclic) bond motifs is 1. The zero-order chi connectivity index (χ0) is 24.0. The molecule has 0 saturated heterocycles. The lowest BCUT2D eigenvalue weighted by Crippen LogP contribution is -2.52. The lowest BCUT2D eigenvalue weighted by molar-refractivity contribution is -0.143. The Morgan fingerprint density at radius 1 is 1.19 bits per heavy atom. The summed E-state index contributed by atoms with van der Waals surface area (Å²) in [6.45, 7) is 8.13. The van der Waals surface area contributed by atoms with Gasteiger partial charge >= 0.3 is 5.97 Å². The van der Waals surface area contributed by atoms with Crippen molar-refractivity contribution in [1.82, 2.24) is 10.2 Å². The molecule has 1 aromatic carbocycles. The van der Waals surface area contributed by atoms with Gasteiger partial charge in [-0.2, -0.15) is 0 Å². The van der Waals surface area contributed by atoms with Crippen molar-refractivity contribution in [3.63, 3.8) is 0 Å². The Kier molecular flexibility index (Phi) is 8.34. The first-order valence-electron chi connectivity index (χ1n) is 10.5. The van der Waals surface area contributed by atoms with Crippen LogP contribution in [0.3, 0.4) is 0 Å². The fraction of sp³-hybridized carbons (Fsp3) is 0.500. The summed E-state index contributed by atoms with van der Waals surface area (Å²) in [4.78, 5) is 63.2. The number of nitrogens with one attached hydrogen (secondary N) is 3. The van der Waals surface area contributed by atoms with Crippen LogP contribution in [0.2, 0.25) is 0 Å². The van der Waals surface area contributed by atoms with Gasteiger partial charge in [0.1, 0.15) is 12.6 Å². The van der Waals surface area contributed by atoms with E-state index in [1.165, 1.54) is 17.9 Å². The Balaban J connectivity index is 2.28. The highest BCUT2D eigenvalue weighted by Crippen LogP contribution is 2.28. The van der Waals surface area contributed by atoms with Gasteiger partial charge in [-0.3, -0.25) is 24.0 Å². The second-order valence-electron chi connectivity index (χ2n) is 8.03. The number of esters is 1. The lowest BCUT2D eigenvalue weighted by atomic mass is 10.0. The van der Waals surface area contributed by atoms with E-state index in [0.717, 1.165) is 0 Å². The molecular formula is C22H30N4O6. The molecule has 0 radical (unpaired) electrons. The highest BCUT2D eigenvalue weighted by Gasteiger charge is 2.38. The molecule has 1 aliphatic rings. The van der Waals surface area contributed by atoms with E-state index >= 15 is 0 Å². The third kappa shape index (κ3) is 6.29. The molecule has 0 bridgehead atoms. The zero-order valence-corrected chi connectivity index (χ0v) is 19.0. The van der Waals surface area contributed by atoms with Crippen molar-refractivity contribution < 1.29 is 28.7 Å². The SMILES string of the molecule is CCOC(=O)CC(C)NC(=O)CN1C(=O)c2cc(NC(C)=O)ccc2NC(=O)[C@@H]1C(C)C. The lowest BCUT2D eigenvalue weighted by Gasteiger charge is -2.31. The molecular weight excluding hydrogens is 416 g/mol. The van der Waals surface area contributed by atoms with Crippen LogP contribution in [0, 0.1) is 5.92 Å². The minimum Gasteiger partial charge on any atom is -0.466 e. The van der Waals surface area contributed by atoms with Crippen molar-refractivity contribution in [2.24, 2.45) is 5.92 Å². The number of ether oxygens (including phenoxy) is 1. The smallest absolute Gasteiger partial charge is 0.307 e. The summed E-state index contributed by atoms with van der Waals surface area (Å²) < 4.78 is 4.88.